The zero-order valence-corrected chi connectivity index (χ0v) is 18.7. The number of ether oxygens (including phenoxy) is 1. The Morgan fingerprint density at radius 2 is 2.16 bits per heavy atom. The zero-order valence-electron chi connectivity index (χ0n) is 18.7. The van der Waals surface area contributed by atoms with Crippen molar-refractivity contribution in [2.45, 2.75) is 64.7 Å². The third-order valence-corrected chi connectivity index (χ3v) is 6.32. The van der Waals surface area contributed by atoms with Gasteiger partial charge in [0.05, 0.1) is 12.1 Å². The highest BCUT2D eigenvalue weighted by atomic mass is 16.5. The molecule has 0 radical (unpaired) electrons. The summed E-state index contributed by atoms with van der Waals surface area (Å²) < 4.78 is 5.29. The van der Waals surface area contributed by atoms with Crippen LogP contribution in [0.25, 0.3) is 0 Å². The average molecular weight is 427 g/mol. The minimum atomic E-state index is 0.0580. The van der Waals surface area contributed by atoms with Gasteiger partial charge in [0.25, 0.3) is 0 Å². The Morgan fingerprint density at radius 1 is 1.29 bits per heavy atom. The summed E-state index contributed by atoms with van der Waals surface area (Å²) in [6.45, 7) is 8.33. The lowest BCUT2D eigenvalue weighted by atomic mass is 9.97. The van der Waals surface area contributed by atoms with Gasteiger partial charge in [-0.05, 0) is 50.3 Å². The molecule has 3 atom stereocenters. The summed E-state index contributed by atoms with van der Waals surface area (Å²) in [5.74, 6) is 0.975. The number of fused-ring (bicyclic) bond motifs is 3. The van der Waals surface area contributed by atoms with Crippen molar-refractivity contribution in [3.05, 3.63) is 47.3 Å². The highest BCUT2D eigenvalue weighted by molar-refractivity contribution is 5.89. The lowest BCUT2D eigenvalue weighted by molar-refractivity contribution is -0.121. The van der Waals surface area contributed by atoms with Crippen molar-refractivity contribution < 1.29 is 9.53 Å². The highest BCUT2D eigenvalue weighted by Crippen LogP contribution is 2.34. The van der Waals surface area contributed by atoms with Crippen LogP contribution in [0.3, 0.4) is 0 Å². The van der Waals surface area contributed by atoms with Crippen LogP contribution in [-0.2, 0) is 9.53 Å². The summed E-state index contributed by atoms with van der Waals surface area (Å²) in [5, 5.41) is 9.69. The highest BCUT2D eigenvalue weighted by Gasteiger charge is 2.44. The molecular formula is C23H34N6O2. The van der Waals surface area contributed by atoms with Gasteiger partial charge in [-0.15, -0.1) is 0 Å². The smallest absolute Gasteiger partial charge is 0.220 e. The van der Waals surface area contributed by atoms with Crippen LogP contribution in [0.15, 0.2) is 35.7 Å². The average Bonchev–Trinajstić information content (AvgIpc) is 3.38. The Kier molecular flexibility index (Phi) is 6.77. The van der Waals surface area contributed by atoms with Crippen molar-refractivity contribution in [1.29, 1.82) is 0 Å². The molecule has 31 heavy (non-hydrogen) atoms. The molecule has 1 saturated heterocycles. The molecule has 8 heteroatoms. The molecule has 4 rings (SSSR count). The van der Waals surface area contributed by atoms with Crippen molar-refractivity contribution in [3.63, 3.8) is 0 Å². The van der Waals surface area contributed by atoms with E-state index < -0.39 is 0 Å². The number of amidine groups is 1. The molecule has 1 fully saturated rings. The number of hydrogen-bond acceptors (Lipinski definition) is 7. The fraction of sp³-hybridized carbons (Fsp3) is 0.565. The van der Waals surface area contributed by atoms with Crippen molar-refractivity contribution in [1.82, 2.24) is 26.1 Å². The molecule has 3 unspecified atom stereocenters. The number of aryl methyl sites for hydroxylation is 2. The molecule has 3 aliphatic heterocycles. The Labute approximate surface area is 184 Å². The summed E-state index contributed by atoms with van der Waals surface area (Å²) in [4.78, 5) is 14.3. The topological polar surface area (TPSA) is 81.2 Å². The fourth-order valence-electron chi connectivity index (χ4n) is 4.37. The van der Waals surface area contributed by atoms with E-state index in [4.69, 9.17) is 4.74 Å². The molecule has 0 spiro atoms. The van der Waals surface area contributed by atoms with E-state index in [-0.39, 0.29) is 24.2 Å². The standard InChI is InChI=1S/C23H34N6O2/c1-4-31-13-5-10-24-22(30)9-8-21-25-26-23-20-15-19(27-29(20)12-11-28(21)23)18-7-6-16(2)17(3)14-18/h6-7,11-12,14,19-20,23,26-27H,4-5,8-10,13,15H2,1-3H3,(H,24,30). The molecular weight excluding hydrogens is 392 g/mol. The van der Waals surface area contributed by atoms with E-state index in [1.54, 1.807) is 0 Å². The molecule has 168 valence electrons. The lowest BCUT2D eigenvalue weighted by Gasteiger charge is -2.37. The van der Waals surface area contributed by atoms with Crippen LogP contribution >= 0.6 is 0 Å². The normalized spacial score (nSPS) is 24.0. The van der Waals surface area contributed by atoms with Crippen LogP contribution in [0.2, 0.25) is 0 Å². The second-order valence-electron chi connectivity index (χ2n) is 8.44. The number of rotatable bonds is 9. The number of amides is 1. The molecule has 3 heterocycles. The quantitative estimate of drug-likeness (QED) is 0.526. The number of hydrazone groups is 1. The number of carbonyl (C=O) groups is 1. The predicted octanol–water partition coefficient (Wildman–Crippen LogP) is 2.28. The van der Waals surface area contributed by atoms with Gasteiger partial charge in [-0.1, -0.05) is 18.2 Å². The Bertz CT molecular complexity index is 854. The number of benzene rings is 1. The van der Waals surface area contributed by atoms with Crippen LogP contribution in [0.5, 0.6) is 0 Å². The van der Waals surface area contributed by atoms with Crippen LogP contribution in [-0.4, -0.2) is 53.6 Å². The minimum absolute atomic E-state index is 0.0580. The SMILES string of the molecule is CCOCCCNC(=O)CCC1=NNC2C3CC(c4ccc(C)c(C)c4)NN3C=CN12. The van der Waals surface area contributed by atoms with Crippen LogP contribution in [0.1, 0.15) is 55.3 Å². The van der Waals surface area contributed by atoms with Crippen molar-refractivity contribution in [2.24, 2.45) is 5.10 Å². The van der Waals surface area contributed by atoms with E-state index in [0.29, 0.717) is 32.6 Å². The van der Waals surface area contributed by atoms with E-state index in [1.165, 1.54) is 16.7 Å². The van der Waals surface area contributed by atoms with E-state index >= 15 is 0 Å². The molecule has 0 aliphatic carbocycles. The third kappa shape index (κ3) is 4.85. The van der Waals surface area contributed by atoms with E-state index in [2.05, 4.69) is 75.6 Å². The molecule has 1 aromatic rings. The maximum absolute atomic E-state index is 12.1. The second-order valence-corrected chi connectivity index (χ2v) is 8.44. The summed E-state index contributed by atoms with van der Waals surface area (Å²) >= 11 is 0. The fourth-order valence-corrected chi connectivity index (χ4v) is 4.37. The number of hydrogen-bond donors (Lipinski definition) is 3. The molecule has 3 aliphatic rings. The van der Waals surface area contributed by atoms with Crippen LogP contribution in [0, 0.1) is 13.8 Å². The predicted molar refractivity (Wildman–Crippen MR) is 121 cm³/mol. The van der Waals surface area contributed by atoms with Gasteiger partial charge in [-0.25, -0.2) is 5.43 Å². The van der Waals surface area contributed by atoms with E-state index in [9.17, 15) is 4.79 Å². The molecule has 3 N–H and O–H groups in total. The second kappa shape index (κ2) is 9.70. The van der Waals surface area contributed by atoms with Crippen molar-refractivity contribution >= 4 is 11.7 Å². The van der Waals surface area contributed by atoms with Crippen LogP contribution < -0.4 is 16.2 Å². The van der Waals surface area contributed by atoms with Crippen LogP contribution in [0.4, 0.5) is 0 Å². The zero-order chi connectivity index (χ0) is 21.8. The van der Waals surface area contributed by atoms with Gasteiger partial charge in [0.2, 0.25) is 5.91 Å². The Hall–Kier alpha value is -2.58. The first kappa shape index (κ1) is 21.6. The van der Waals surface area contributed by atoms with E-state index in [0.717, 1.165) is 18.7 Å². The Balaban J connectivity index is 1.28. The maximum atomic E-state index is 12.1. The van der Waals surface area contributed by atoms with Gasteiger partial charge in [-0.3, -0.25) is 10.2 Å². The van der Waals surface area contributed by atoms with E-state index in [1.807, 2.05) is 6.92 Å². The van der Waals surface area contributed by atoms with Gasteiger partial charge < -0.3 is 20.0 Å². The molecule has 1 amide bonds. The molecule has 0 bridgehead atoms. The van der Waals surface area contributed by atoms with Gasteiger partial charge in [0.1, 0.15) is 12.0 Å². The summed E-state index contributed by atoms with van der Waals surface area (Å²) in [5.41, 5.74) is 10.9. The minimum Gasteiger partial charge on any atom is -0.382 e. The first-order chi connectivity index (χ1) is 15.1. The first-order valence-corrected chi connectivity index (χ1v) is 11.3. The molecule has 0 saturated carbocycles. The number of nitrogens with zero attached hydrogens (tertiary/aromatic N) is 3. The summed E-state index contributed by atoms with van der Waals surface area (Å²) in [7, 11) is 0. The molecule has 0 aromatic heterocycles. The molecule has 1 aromatic carbocycles. The summed E-state index contributed by atoms with van der Waals surface area (Å²) in [6.07, 6.45) is 7.10. The third-order valence-electron chi connectivity index (χ3n) is 6.32. The largest absolute Gasteiger partial charge is 0.382 e. The van der Waals surface area contributed by atoms with Gasteiger partial charge in [0.15, 0.2) is 0 Å². The summed E-state index contributed by atoms with van der Waals surface area (Å²) in [6, 6.07) is 7.25. The van der Waals surface area contributed by atoms with Gasteiger partial charge >= 0.3 is 0 Å². The maximum Gasteiger partial charge on any atom is 0.220 e. The molecule has 8 nitrogen and oxygen atoms in total. The first-order valence-electron chi connectivity index (χ1n) is 11.3. The lowest BCUT2D eigenvalue weighted by Crippen LogP contribution is -2.54. The van der Waals surface area contributed by atoms with Crippen molar-refractivity contribution in [2.75, 3.05) is 19.8 Å². The van der Waals surface area contributed by atoms with Gasteiger partial charge in [-0.2, -0.15) is 5.10 Å². The number of hydrazine groups is 1. The number of nitrogens with one attached hydrogen (secondary N) is 3. The van der Waals surface area contributed by atoms with Gasteiger partial charge in [0, 0.05) is 45.0 Å². The number of carbonyl (C=O) groups excluding carboxylic acids is 1. The van der Waals surface area contributed by atoms with Crippen molar-refractivity contribution in [3.8, 4) is 0 Å². The monoisotopic (exact) mass is 426 g/mol. The Morgan fingerprint density at radius 3 is 2.97 bits per heavy atom.